The van der Waals surface area contributed by atoms with Gasteiger partial charge in [-0.2, -0.15) is 0 Å². The first-order chi connectivity index (χ1) is 10.1. The highest BCUT2D eigenvalue weighted by atomic mass is 35.5. The lowest BCUT2D eigenvalue weighted by Gasteiger charge is -2.29. The van der Waals surface area contributed by atoms with Gasteiger partial charge in [-0.15, -0.1) is 0 Å². The molecule has 0 spiro atoms. The van der Waals surface area contributed by atoms with Gasteiger partial charge in [0.1, 0.15) is 0 Å². The van der Waals surface area contributed by atoms with Gasteiger partial charge in [-0.1, -0.05) is 48.0 Å². The van der Waals surface area contributed by atoms with Crippen LogP contribution in [0.5, 0.6) is 0 Å². The zero-order valence-electron chi connectivity index (χ0n) is 12.7. The molecule has 0 aliphatic carbocycles. The van der Waals surface area contributed by atoms with Crippen molar-refractivity contribution in [3.63, 3.8) is 0 Å². The molecule has 0 bridgehead atoms. The van der Waals surface area contributed by atoms with Crippen LogP contribution in [0.15, 0.2) is 48.5 Å². The Kier molecular flexibility index (Phi) is 5.66. The molecular formula is C18H23ClN2. The zero-order valence-corrected chi connectivity index (χ0v) is 13.5. The van der Waals surface area contributed by atoms with Crippen molar-refractivity contribution in [3.05, 3.63) is 64.7 Å². The summed E-state index contributed by atoms with van der Waals surface area (Å²) >= 11 is 6.38. The maximum atomic E-state index is 6.38. The molecule has 0 radical (unpaired) electrons. The maximum Gasteiger partial charge on any atom is 0.0459 e. The maximum absolute atomic E-state index is 6.38. The molecule has 112 valence electrons. The third-order valence-corrected chi connectivity index (χ3v) is 3.95. The van der Waals surface area contributed by atoms with Crippen LogP contribution in [-0.2, 0) is 13.0 Å². The van der Waals surface area contributed by atoms with Gasteiger partial charge in [0.2, 0.25) is 0 Å². The summed E-state index contributed by atoms with van der Waals surface area (Å²) in [6.07, 6.45) is 0.819. The van der Waals surface area contributed by atoms with Crippen molar-refractivity contribution in [3.8, 4) is 0 Å². The average Bonchev–Trinajstić information content (AvgIpc) is 2.48. The molecule has 3 heteroatoms. The summed E-state index contributed by atoms with van der Waals surface area (Å²) in [7, 11) is 0. The molecule has 0 aromatic heterocycles. The van der Waals surface area contributed by atoms with Crippen LogP contribution >= 0.6 is 11.6 Å². The highest BCUT2D eigenvalue weighted by Crippen LogP contribution is 2.26. The number of hydrogen-bond acceptors (Lipinski definition) is 2. The third-order valence-electron chi connectivity index (χ3n) is 3.60. The molecule has 0 saturated heterocycles. The summed E-state index contributed by atoms with van der Waals surface area (Å²) < 4.78 is 0. The molecule has 2 aromatic rings. The summed E-state index contributed by atoms with van der Waals surface area (Å²) in [5.41, 5.74) is 9.18. The van der Waals surface area contributed by atoms with Gasteiger partial charge in [0.15, 0.2) is 0 Å². The second kappa shape index (κ2) is 7.48. The van der Waals surface area contributed by atoms with Crippen LogP contribution < -0.4 is 10.6 Å². The van der Waals surface area contributed by atoms with Crippen LogP contribution in [0.25, 0.3) is 0 Å². The van der Waals surface area contributed by atoms with Crippen molar-refractivity contribution >= 4 is 17.3 Å². The van der Waals surface area contributed by atoms with Crippen LogP contribution in [-0.4, -0.2) is 12.6 Å². The Labute approximate surface area is 132 Å². The van der Waals surface area contributed by atoms with Crippen LogP contribution in [0.1, 0.15) is 25.0 Å². The number of halogens is 1. The fourth-order valence-electron chi connectivity index (χ4n) is 2.43. The van der Waals surface area contributed by atoms with Gasteiger partial charge in [0.25, 0.3) is 0 Å². The molecule has 2 nitrogen and oxygen atoms in total. The molecule has 0 aliphatic rings. The summed E-state index contributed by atoms with van der Waals surface area (Å²) in [4.78, 5) is 2.35. The SMILES string of the molecule is CC(C)N(Cc1ccccc1)c1ccc(CCN)c(Cl)c1. The molecule has 2 rings (SSSR count). The second-order valence-corrected chi connectivity index (χ2v) is 5.93. The predicted octanol–water partition coefficient (Wildman–Crippen LogP) is 4.26. The molecule has 0 saturated carbocycles. The molecule has 0 heterocycles. The highest BCUT2D eigenvalue weighted by Gasteiger charge is 2.12. The number of hydrogen-bond donors (Lipinski definition) is 1. The minimum Gasteiger partial charge on any atom is -0.365 e. The van der Waals surface area contributed by atoms with E-state index in [2.05, 4.69) is 61.2 Å². The number of rotatable bonds is 6. The molecule has 2 N–H and O–H groups in total. The van der Waals surface area contributed by atoms with E-state index in [4.69, 9.17) is 17.3 Å². The van der Waals surface area contributed by atoms with E-state index in [1.807, 2.05) is 6.07 Å². The standard InChI is InChI=1S/C18H23ClN2/c1-14(2)21(13-15-6-4-3-5-7-15)17-9-8-16(10-11-20)18(19)12-17/h3-9,12,14H,10-11,13,20H2,1-2H3. The van der Waals surface area contributed by atoms with Gasteiger partial charge in [0.05, 0.1) is 0 Å². The third kappa shape index (κ3) is 4.23. The topological polar surface area (TPSA) is 29.3 Å². The van der Waals surface area contributed by atoms with Gasteiger partial charge < -0.3 is 10.6 Å². The van der Waals surface area contributed by atoms with E-state index in [9.17, 15) is 0 Å². The van der Waals surface area contributed by atoms with Gasteiger partial charge in [-0.05, 0) is 50.1 Å². The first-order valence-electron chi connectivity index (χ1n) is 7.41. The fraction of sp³-hybridized carbons (Fsp3) is 0.333. The summed E-state index contributed by atoms with van der Waals surface area (Å²) in [6.45, 7) is 5.90. The average molecular weight is 303 g/mol. The molecule has 0 fully saturated rings. The van der Waals surface area contributed by atoms with Crippen molar-refractivity contribution in [1.29, 1.82) is 0 Å². The van der Waals surface area contributed by atoms with Crippen molar-refractivity contribution in [2.45, 2.75) is 32.9 Å². The van der Waals surface area contributed by atoms with Gasteiger partial charge in [-0.3, -0.25) is 0 Å². The minimum absolute atomic E-state index is 0.404. The first kappa shape index (κ1) is 15.9. The van der Waals surface area contributed by atoms with Crippen molar-refractivity contribution in [1.82, 2.24) is 0 Å². The van der Waals surface area contributed by atoms with E-state index in [1.165, 1.54) is 5.56 Å². The van der Waals surface area contributed by atoms with Crippen LogP contribution in [0.3, 0.4) is 0 Å². The van der Waals surface area contributed by atoms with Crippen molar-refractivity contribution in [2.24, 2.45) is 5.73 Å². The van der Waals surface area contributed by atoms with Gasteiger partial charge in [0, 0.05) is 23.3 Å². The van der Waals surface area contributed by atoms with E-state index in [0.717, 1.165) is 29.2 Å². The summed E-state index contributed by atoms with van der Waals surface area (Å²) in [5.74, 6) is 0. The van der Waals surface area contributed by atoms with E-state index in [-0.39, 0.29) is 0 Å². The summed E-state index contributed by atoms with van der Waals surface area (Å²) in [6, 6.07) is 17.2. The molecule has 21 heavy (non-hydrogen) atoms. The number of nitrogens with zero attached hydrogens (tertiary/aromatic N) is 1. The number of anilines is 1. The lowest BCUT2D eigenvalue weighted by molar-refractivity contribution is 0.682. The second-order valence-electron chi connectivity index (χ2n) is 5.52. The molecule has 2 aromatic carbocycles. The van der Waals surface area contributed by atoms with E-state index < -0.39 is 0 Å². The Morgan fingerprint density at radius 1 is 1.10 bits per heavy atom. The van der Waals surface area contributed by atoms with E-state index in [1.54, 1.807) is 0 Å². The highest BCUT2D eigenvalue weighted by molar-refractivity contribution is 6.31. The smallest absolute Gasteiger partial charge is 0.0459 e. The number of nitrogens with two attached hydrogens (primary N) is 1. The van der Waals surface area contributed by atoms with Crippen LogP contribution in [0.2, 0.25) is 5.02 Å². The van der Waals surface area contributed by atoms with Crippen molar-refractivity contribution < 1.29 is 0 Å². The van der Waals surface area contributed by atoms with Gasteiger partial charge in [-0.25, -0.2) is 0 Å². The lowest BCUT2D eigenvalue weighted by atomic mass is 10.1. The van der Waals surface area contributed by atoms with Gasteiger partial charge >= 0.3 is 0 Å². The van der Waals surface area contributed by atoms with Crippen LogP contribution in [0, 0.1) is 0 Å². The Morgan fingerprint density at radius 2 is 1.81 bits per heavy atom. The predicted molar refractivity (Wildman–Crippen MR) is 92.0 cm³/mol. The first-order valence-corrected chi connectivity index (χ1v) is 7.78. The lowest BCUT2D eigenvalue weighted by Crippen LogP contribution is -2.30. The monoisotopic (exact) mass is 302 g/mol. The van der Waals surface area contributed by atoms with E-state index >= 15 is 0 Å². The summed E-state index contributed by atoms with van der Waals surface area (Å²) in [5, 5.41) is 0.802. The quantitative estimate of drug-likeness (QED) is 0.864. The molecule has 0 amide bonds. The Morgan fingerprint density at radius 3 is 2.38 bits per heavy atom. The Hall–Kier alpha value is -1.51. The minimum atomic E-state index is 0.404. The Bertz CT molecular complexity index is 567. The fourth-order valence-corrected chi connectivity index (χ4v) is 2.69. The van der Waals surface area contributed by atoms with Crippen molar-refractivity contribution in [2.75, 3.05) is 11.4 Å². The molecule has 0 aliphatic heterocycles. The normalized spacial score (nSPS) is 10.9. The Balaban J connectivity index is 2.24. The zero-order chi connectivity index (χ0) is 15.2. The molecular weight excluding hydrogens is 280 g/mol. The van der Waals surface area contributed by atoms with Crippen LogP contribution in [0.4, 0.5) is 5.69 Å². The number of benzene rings is 2. The molecule has 0 atom stereocenters. The molecule has 0 unspecified atom stereocenters. The largest absolute Gasteiger partial charge is 0.365 e. The van der Waals surface area contributed by atoms with E-state index in [0.29, 0.717) is 12.6 Å².